The van der Waals surface area contributed by atoms with Crippen molar-refractivity contribution in [3.8, 4) is 6.07 Å². The van der Waals surface area contributed by atoms with Crippen molar-refractivity contribution >= 4 is 17.7 Å². The van der Waals surface area contributed by atoms with Gasteiger partial charge in [0.15, 0.2) is 6.29 Å². The topological polar surface area (TPSA) is 146 Å². The third-order valence-electron chi connectivity index (χ3n) is 4.24. The number of nitrogens with zero attached hydrogens (tertiary/aromatic N) is 2. The summed E-state index contributed by atoms with van der Waals surface area (Å²) in [5.41, 5.74) is 1.48. The van der Waals surface area contributed by atoms with Crippen LogP contribution >= 0.6 is 0 Å². The number of hydrogen-bond donors (Lipinski definition) is 5. The summed E-state index contributed by atoms with van der Waals surface area (Å²) >= 11 is 0. The van der Waals surface area contributed by atoms with Gasteiger partial charge in [-0.2, -0.15) is 5.26 Å². The van der Waals surface area contributed by atoms with Crippen LogP contribution in [0.15, 0.2) is 29.8 Å². The highest BCUT2D eigenvalue weighted by Crippen LogP contribution is 2.19. The Labute approximate surface area is 156 Å². The maximum Gasteiger partial charge on any atom is 0.262 e. The molecule has 2 rings (SSSR count). The van der Waals surface area contributed by atoms with Gasteiger partial charge in [-0.25, -0.2) is 0 Å². The highest BCUT2D eigenvalue weighted by molar-refractivity contribution is 6.01. The highest BCUT2D eigenvalue weighted by atomic mass is 16.6. The van der Waals surface area contributed by atoms with E-state index >= 15 is 0 Å². The van der Waals surface area contributed by atoms with Gasteiger partial charge in [0.1, 0.15) is 36.1 Å². The molecule has 1 saturated heterocycles. The Balaban J connectivity index is 2.01. The molecule has 1 aliphatic rings. The van der Waals surface area contributed by atoms with Gasteiger partial charge in [0, 0.05) is 26.3 Å². The predicted octanol–water partition coefficient (Wildman–Crippen LogP) is -1.42. The number of rotatable bonds is 5. The van der Waals surface area contributed by atoms with Crippen LogP contribution in [-0.4, -0.2) is 77.7 Å². The lowest BCUT2D eigenvalue weighted by Gasteiger charge is -2.38. The van der Waals surface area contributed by atoms with Crippen LogP contribution in [-0.2, 0) is 9.53 Å². The number of benzene rings is 1. The van der Waals surface area contributed by atoms with Crippen molar-refractivity contribution in [2.45, 2.75) is 30.7 Å². The molecule has 0 aliphatic carbocycles. The van der Waals surface area contributed by atoms with E-state index in [1.165, 1.54) is 6.08 Å². The van der Waals surface area contributed by atoms with Crippen molar-refractivity contribution < 1.29 is 30.0 Å². The fourth-order valence-corrected chi connectivity index (χ4v) is 2.57. The first-order valence-electron chi connectivity index (χ1n) is 8.29. The zero-order valence-corrected chi connectivity index (χ0v) is 15.0. The predicted molar refractivity (Wildman–Crippen MR) is 96.3 cm³/mol. The number of nitriles is 1. The molecule has 0 unspecified atom stereocenters. The average Bonchev–Trinajstić information content (AvgIpc) is 2.66. The van der Waals surface area contributed by atoms with E-state index < -0.39 is 36.6 Å². The lowest BCUT2D eigenvalue weighted by Crippen LogP contribution is -2.60. The summed E-state index contributed by atoms with van der Waals surface area (Å²) in [5.74, 6) is -0.694. The van der Waals surface area contributed by atoms with Crippen LogP contribution in [0.25, 0.3) is 6.08 Å². The van der Waals surface area contributed by atoms with E-state index in [1.807, 2.05) is 37.2 Å². The number of aliphatic hydroxyl groups excluding tert-OH is 4. The van der Waals surface area contributed by atoms with E-state index in [2.05, 4.69) is 5.32 Å². The fraction of sp³-hybridized carbons (Fsp3) is 0.444. The summed E-state index contributed by atoms with van der Waals surface area (Å²) in [6.07, 6.45) is -6.17. The van der Waals surface area contributed by atoms with Crippen LogP contribution in [0, 0.1) is 11.3 Å². The largest absolute Gasteiger partial charge is 0.388 e. The second-order valence-electron chi connectivity index (χ2n) is 6.40. The third kappa shape index (κ3) is 5.03. The van der Waals surface area contributed by atoms with E-state index in [0.717, 1.165) is 5.69 Å². The van der Waals surface area contributed by atoms with Crippen LogP contribution in [0.1, 0.15) is 5.56 Å². The molecule has 1 heterocycles. The van der Waals surface area contributed by atoms with E-state index in [1.54, 1.807) is 12.1 Å². The van der Waals surface area contributed by atoms with Gasteiger partial charge < -0.3 is 35.4 Å². The third-order valence-corrected chi connectivity index (χ3v) is 4.24. The molecule has 0 spiro atoms. The fourth-order valence-electron chi connectivity index (χ4n) is 2.57. The molecular formula is C18H23N3O6. The zero-order valence-electron chi connectivity index (χ0n) is 15.0. The van der Waals surface area contributed by atoms with Crippen molar-refractivity contribution in [1.82, 2.24) is 5.32 Å². The molecule has 0 bridgehead atoms. The SMILES string of the molecule is CN(C)c1ccc(/C=C(\C#N)C(=O)NC[C@H]2O[C@@H](O)[C@H](O)[C@@H](O)[C@@H]2O)cc1. The molecule has 9 nitrogen and oxygen atoms in total. The molecule has 5 N–H and O–H groups in total. The van der Waals surface area contributed by atoms with Crippen molar-refractivity contribution in [2.24, 2.45) is 0 Å². The van der Waals surface area contributed by atoms with Gasteiger partial charge in [0.2, 0.25) is 0 Å². The van der Waals surface area contributed by atoms with Crippen molar-refractivity contribution in [2.75, 3.05) is 25.5 Å². The Kier molecular flexibility index (Phi) is 6.90. The highest BCUT2D eigenvalue weighted by Gasteiger charge is 2.42. The summed E-state index contributed by atoms with van der Waals surface area (Å²) in [6.45, 7) is -0.264. The van der Waals surface area contributed by atoms with E-state index in [-0.39, 0.29) is 12.1 Å². The summed E-state index contributed by atoms with van der Waals surface area (Å²) in [7, 11) is 3.79. The first kappa shape index (κ1) is 20.8. The Hall–Kier alpha value is -2.48. The van der Waals surface area contributed by atoms with Crippen molar-refractivity contribution in [3.05, 3.63) is 35.4 Å². The van der Waals surface area contributed by atoms with Crippen LogP contribution < -0.4 is 10.2 Å². The normalized spacial score (nSPS) is 28.3. The average molecular weight is 377 g/mol. The Morgan fingerprint density at radius 1 is 1.19 bits per heavy atom. The Morgan fingerprint density at radius 3 is 2.37 bits per heavy atom. The molecule has 5 atom stereocenters. The zero-order chi connectivity index (χ0) is 20.1. The van der Waals surface area contributed by atoms with Crippen LogP contribution in [0.5, 0.6) is 0 Å². The van der Waals surface area contributed by atoms with Crippen molar-refractivity contribution in [3.63, 3.8) is 0 Å². The minimum atomic E-state index is -1.69. The number of nitrogens with one attached hydrogen (secondary N) is 1. The molecule has 0 radical (unpaired) electrons. The summed E-state index contributed by atoms with van der Waals surface area (Å²) in [6, 6.07) is 9.03. The second-order valence-corrected chi connectivity index (χ2v) is 6.40. The molecule has 1 aromatic carbocycles. The van der Waals surface area contributed by atoms with Crippen molar-refractivity contribution in [1.29, 1.82) is 5.26 Å². The Morgan fingerprint density at radius 2 is 1.81 bits per heavy atom. The molecule has 146 valence electrons. The van der Waals surface area contributed by atoms with Gasteiger partial charge in [-0.1, -0.05) is 12.1 Å². The molecule has 1 aliphatic heterocycles. The van der Waals surface area contributed by atoms with E-state index in [0.29, 0.717) is 5.56 Å². The van der Waals surface area contributed by atoms with Gasteiger partial charge >= 0.3 is 0 Å². The maximum atomic E-state index is 12.2. The number of hydrogen-bond acceptors (Lipinski definition) is 8. The lowest BCUT2D eigenvalue weighted by atomic mass is 9.99. The summed E-state index contributed by atoms with van der Waals surface area (Å²) < 4.78 is 4.97. The molecule has 9 heteroatoms. The molecule has 0 saturated carbocycles. The lowest BCUT2D eigenvalue weighted by molar-refractivity contribution is -0.280. The minimum Gasteiger partial charge on any atom is -0.388 e. The monoisotopic (exact) mass is 377 g/mol. The number of aliphatic hydroxyl groups is 4. The summed E-state index contributed by atoms with van der Waals surface area (Å²) in [5, 5.41) is 50.1. The van der Waals surface area contributed by atoms with Gasteiger partial charge in [0.05, 0.1) is 0 Å². The van der Waals surface area contributed by atoms with E-state index in [9.17, 15) is 30.5 Å². The van der Waals surface area contributed by atoms with Gasteiger partial charge in [-0.15, -0.1) is 0 Å². The number of ether oxygens (including phenoxy) is 1. The molecule has 0 aromatic heterocycles. The molecular weight excluding hydrogens is 354 g/mol. The van der Waals surface area contributed by atoms with Crippen LogP contribution in [0.2, 0.25) is 0 Å². The smallest absolute Gasteiger partial charge is 0.262 e. The molecule has 27 heavy (non-hydrogen) atoms. The number of carbonyl (C=O) groups is 1. The van der Waals surface area contributed by atoms with Crippen LogP contribution in [0.3, 0.4) is 0 Å². The second kappa shape index (κ2) is 8.94. The summed E-state index contributed by atoms with van der Waals surface area (Å²) in [4.78, 5) is 14.1. The molecule has 1 amide bonds. The quantitative estimate of drug-likeness (QED) is 0.310. The number of carbonyl (C=O) groups excluding carboxylic acids is 1. The molecule has 1 fully saturated rings. The Bertz CT molecular complexity index is 728. The van der Waals surface area contributed by atoms with E-state index in [4.69, 9.17) is 4.74 Å². The number of amides is 1. The molecule has 1 aromatic rings. The minimum absolute atomic E-state index is 0.154. The first-order chi connectivity index (χ1) is 12.7. The van der Waals surface area contributed by atoms with Crippen LogP contribution in [0.4, 0.5) is 5.69 Å². The van der Waals surface area contributed by atoms with Gasteiger partial charge in [-0.05, 0) is 23.8 Å². The standard InChI is InChI=1S/C18H23N3O6/c1-21(2)12-5-3-10(4-6-12)7-11(8-19)17(25)20-9-13-14(22)15(23)16(24)18(26)27-13/h3-7,13-16,18,22-24,26H,9H2,1-2H3,(H,20,25)/b11-7+/t13-,14-,15+,16-,18-/m1/s1. The van der Waals surface area contributed by atoms with Gasteiger partial charge in [-0.3, -0.25) is 4.79 Å². The number of anilines is 1. The maximum absolute atomic E-state index is 12.2. The van der Waals surface area contributed by atoms with Gasteiger partial charge in [0.25, 0.3) is 5.91 Å². The first-order valence-corrected chi connectivity index (χ1v) is 8.29.